The van der Waals surface area contributed by atoms with E-state index in [0.717, 1.165) is 29.7 Å². The molecule has 2 aromatic carbocycles. The summed E-state index contributed by atoms with van der Waals surface area (Å²) in [5.41, 5.74) is 2.15. The van der Waals surface area contributed by atoms with E-state index in [0.29, 0.717) is 17.9 Å². The predicted molar refractivity (Wildman–Crippen MR) is 110 cm³/mol. The molecule has 8 heteroatoms. The van der Waals surface area contributed by atoms with Crippen molar-refractivity contribution in [2.24, 2.45) is 0 Å². The lowest BCUT2D eigenvalue weighted by molar-refractivity contribution is 0.103. The van der Waals surface area contributed by atoms with Gasteiger partial charge in [0.25, 0.3) is 15.9 Å². The van der Waals surface area contributed by atoms with Crippen molar-refractivity contribution in [3.8, 4) is 5.75 Å². The molecule has 0 atom stereocenters. The van der Waals surface area contributed by atoms with Gasteiger partial charge in [-0.2, -0.15) is 0 Å². The lowest BCUT2D eigenvalue weighted by atomic mass is 10.0. The first-order valence-corrected chi connectivity index (χ1v) is 11.1. The molecular formula is C20H18N2O4S2. The molecule has 1 aliphatic heterocycles. The predicted octanol–water partition coefficient (Wildman–Crippen LogP) is 3.85. The minimum atomic E-state index is -3.74. The van der Waals surface area contributed by atoms with Crippen molar-refractivity contribution in [3.63, 3.8) is 0 Å². The lowest BCUT2D eigenvalue weighted by Crippen LogP contribution is -2.35. The minimum Gasteiger partial charge on any atom is -0.508 e. The van der Waals surface area contributed by atoms with Crippen LogP contribution < -0.4 is 9.62 Å². The summed E-state index contributed by atoms with van der Waals surface area (Å²) in [7, 11) is -3.74. The molecule has 4 rings (SSSR count). The van der Waals surface area contributed by atoms with Crippen LogP contribution >= 0.6 is 11.3 Å². The number of aromatic hydroxyl groups is 1. The van der Waals surface area contributed by atoms with E-state index in [-0.39, 0.29) is 15.5 Å². The van der Waals surface area contributed by atoms with Gasteiger partial charge in [-0.25, -0.2) is 8.42 Å². The molecule has 0 aliphatic carbocycles. The SMILES string of the molecule is O=C(Nc1cccc(O)c1)c1cc(S(=O)(=O)N2CCCc3ccccc32)cs1. The summed E-state index contributed by atoms with van der Waals surface area (Å²) < 4.78 is 27.7. The van der Waals surface area contributed by atoms with Crippen LogP contribution in [0.5, 0.6) is 5.75 Å². The van der Waals surface area contributed by atoms with Gasteiger partial charge in [-0.15, -0.1) is 11.3 Å². The Hall–Kier alpha value is -2.84. The summed E-state index contributed by atoms with van der Waals surface area (Å²) in [4.78, 5) is 12.8. The van der Waals surface area contributed by atoms with Gasteiger partial charge in [-0.1, -0.05) is 24.3 Å². The Labute approximate surface area is 167 Å². The zero-order valence-electron chi connectivity index (χ0n) is 14.8. The molecular weight excluding hydrogens is 396 g/mol. The Morgan fingerprint density at radius 3 is 2.75 bits per heavy atom. The van der Waals surface area contributed by atoms with Gasteiger partial charge in [0.1, 0.15) is 5.75 Å². The molecule has 1 aliphatic rings. The summed E-state index contributed by atoms with van der Waals surface area (Å²) in [6, 6.07) is 15.1. The number of para-hydroxylation sites is 1. The smallest absolute Gasteiger partial charge is 0.265 e. The van der Waals surface area contributed by atoms with E-state index in [2.05, 4.69) is 5.32 Å². The largest absolute Gasteiger partial charge is 0.508 e. The van der Waals surface area contributed by atoms with Crippen LogP contribution in [0.4, 0.5) is 11.4 Å². The fourth-order valence-corrected chi connectivity index (χ4v) is 5.92. The summed E-state index contributed by atoms with van der Waals surface area (Å²) in [5.74, 6) is -0.382. The molecule has 0 fully saturated rings. The Morgan fingerprint density at radius 1 is 1.11 bits per heavy atom. The Balaban J connectivity index is 1.59. The number of carbonyl (C=O) groups excluding carboxylic acids is 1. The first kappa shape index (κ1) is 18.5. The second kappa shape index (κ2) is 7.29. The quantitative estimate of drug-likeness (QED) is 0.679. The van der Waals surface area contributed by atoms with Crippen molar-refractivity contribution in [1.82, 2.24) is 0 Å². The van der Waals surface area contributed by atoms with Crippen LogP contribution in [-0.4, -0.2) is 26.0 Å². The molecule has 1 amide bonds. The number of rotatable bonds is 4. The number of benzene rings is 2. The molecule has 0 saturated heterocycles. The van der Waals surface area contributed by atoms with Crippen molar-refractivity contribution < 1.29 is 18.3 Å². The van der Waals surface area contributed by atoms with E-state index in [4.69, 9.17) is 0 Å². The average Bonchev–Trinajstić information content (AvgIpc) is 3.19. The van der Waals surface area contributed by atoms with Crippen LogP contribution in [0.3, 0.4) is 0 Å². The Morgan fingerprint density at radius 2 is 1.93 bits per heavy atom. The Kier molecular flexibility index (Phi) is 4.82. The van der Waals surface area contributed by atoms with Gasteiger partial charge in [0, 0.05) is 23.7 Å². The van der Waals surface area contributed by atoms with E-state index in [1.165, 1.54) is 27.9 Å². The third-order valence-corrected chi connectivity index (χ3v) is 7.43. The molecule has 0 radical (unpaired) electrons. The number of anilines is 2. The summed E-state index contributed by atoms with van der Waals surface area (Å²) in [6.07, 6.45) is 1.61. The van der Waals surface area contributed by atoms with Crippen molar-refractivity contribution in [2.75, 3.05) is 16.2 Å². The minimum absolute atomic E-state index is 0.0380. The van der Waals surface area contributed by atoms with E-state index >= 15 is 0 Å². The van der Waals surface area contributed by atoms with Gasteiger partial charge < -0.3 is 10.4 Å². The molecule has 0 spiro atoms. The fraction of sp³-hybridized carbons (Fsp3) is 0.150. The number of sulfonamides is 1. The van der Waals surface area contributed by atoms with Crippen molar-refractivity contribution in [1.29, 1.82) is 0 Å². The molecule has 0 bridgehead atoms. The first-order chi connectivity index (χ1) is 13.4. The second-order valence-electron chi connectivity index (χ2n) is 6.46. The zero-order chi connectivity index (χ0) is 19.7. The number of thiophene rings is 1. The number of hydrogen-bond donors (Lipinski definition) is 2. The fourth-order valence-electron chi connectivity index (χ4n) is 3.23. The molecule has 2 N–H and O–H groups in total. The maximum Gasteiger partial charge on any atom is 0.265 e. The molecule has 144 valence electrons. The summed E-state index contributed by atoms with van der Waals surface area (Å²) in [6.45, 7) is 0.417. The lowest BCUT2D eigenvalue weighted by Gasteiger charge is -2.30. The average molecular weight is 415 g/mol. The zero-order valence-corrected chi connectivity index (χ0v) is 16.5. The third-order valence-electron chi connectivity index (χ3n) is 4.56. The summed E-state index contributed by atoms with van der Waals surface area (Å²) >= 11 is 1.07. The van der Waals surface area contributed by atoms with Crippen LogP contribution in [0, 0.1) is 0 Å². The monoisotopic (exact) mass is 414 g/mol. The van der Waals surface area contributed by atoms with Gasteiger partial charge in [-0.05, 0) is 42.7 Å². The normalized spacial score (nSPS) is 13.8. The topological polar surface area (TPSA) is 86.7 Å². The van der Waals surface area contributed by atoms with Crippen LogP contribution in [0.1, 0.15) is 21.7 Å². The summed E-state index contributed by atoms with van der Waals surface area (Å²) in [5, 5.41) is 13.7. The van der Waals surface area contributed by atoms with E-state index in [9.17, 15) is 18.3 Å². The van der Waals surface area contributed by atoms with Crippen LogP contribution in [0.15, 0.2) is 64.9 Å². The highest BCUT2D eigenvalue weighted by molar-refractivity contribution is 7.93. The van der Waals surface area contributed by atoms with E-state index in [1.807, 2.05) is 24.3 Å². The van der Waals surface area contributed by atoms with Crippen LogP contribution in [0.2, 0.25) is 0 Å². The molecule has 0 unspecified atom stereocenters. The molecule has 0 saturated carbocycles. The molecule has 1 aromatic heterocycles. The highest BCUT2D eigenvalue weighted by Crippen LogP contribution is 2.33. The van der Waals surface area contributed by atoms with E-state index < -0.39 is 15.9 Å². The van der Waals surface area contributed by atoms with Gasteiger partial charge in [-0.3, -0.25) is 9.10 Å². The number of aryl methyl sites for hydroxylation is 1. The number of fused-ring (bicyclic) bond motifs is 1. The molecule has 3 aromatic rings. The number of hydrogen-bond acceptors (Lipinski definition) is 5. The standard InChI is InChI=1S/C20H18N2O4S2/c23-16-8-3-7-15(11-16)21-20(24)19-12-17(13-27-19)28(25,26)22-10-4-6-14-5-1-2-9-18(14)22/h1-3,5,7-9,11-13,23H,4,6,10H2,(H,21,24). The van der Waals surface area contributed by atoms with Gasteiger partial charge in [0.2, 0.25) is 0 Å². The van der Waals surface area contributed by atoms with E-state index in [1.54, 1.807) is 12.1 Å². The maximum atomic E-state index is 13.2. The van der Waals surface area contributed by atoms with Gasteiger partial charge >= 0.3 is 0 Å². The van der Waals surface area contributed by atoms with Crippen molar-refractivity contribution in [3.05, 3.63) is 70.4 Å². The number of phenolic OH excluding ortho intramolecular Hbond substituents is 1. The van der Waals surface area contributed by atoms with Crippen LogP contribution in [0.25, 0.3) is 0 Å². The first-order valence-electron chi connectivity index (χ1n) is 8.75. The molecule has 2 heterocycles. The van der Waals surface area contributed by atoms with Gasteiger partial charge in [0.05, 0.1) is 15.5 Å². The highest BCUT2D eigenvalue weighted by atomic mass is 32.2. The number of nitrogens with one attached hydrogen (secondary N) is 1. The van der Waals surface area contributed by atoms with Crippen LogP contribution in [-0.2, 0) is 16.4 Å². The number of amides is 1. The molecule has 6 nitrogen and oxygen atoms in total. The van der Waals surface area contributed by atoms with Crippen molar-refractivity contribution >= 4 is 38.6 Å². The second-order valence-corrected chi connectivity index (χ2v) is 9.23. The highest BCUT2D eigenvalue weighted by Gasteiger charge is 2.30. The molecule has 28 heavy (non-hydrogen) atoms. The number of phenols is 1. The third kappa shape index (κ3) is 3.48. The Bertz CT molecular complexity index is 1140. The number of carbonyl (C=O) groups is 1. The number of nitrogens with zero attached hydrogens (tertiary/aromatic N) is 1. The van der Waals surface area contributed by atoms with Crippen molar-refractivity contribution in [2.45, 2.75) is 17.7 Å². The van der Waals surface area contributed by atoms with Gasteiger partial charge in [0.15, 0.2) is 0 Å². The maximum absolute atomic E-state index is 13.2.